The van der Waals surface area contributed by atoms with Crippen molar-refractivity contribution in [1.29, 1.82) is 0 Å². The smallest absolute Gasteiger partial charge is 0.229 e. The van der Waals surface area contributed by atoms with Crippen molar-refractivity contribution in [1.82, 2.24) is 14.8 Å². The van der Waals surface area contributed by atoms with Crippen molar-refractivity contribution in [2.75, 3.05) is 12.4 Å². The number of amides is 1. The average molecular weight is 350 g/mol. The van der Waals surface area contributed by atoms with Crippen LogP contribution in [0.1, 0.15) is 23.6 Å². The molecule has 132 valence electrons. The molecule has 1 aliphatic rings. The summed E-state index contributed by atoms with van der Waals surface area (Å²) in [5, 5.41) is 6.93. The molecular formula is C19H18N4O3. The number of anilines is 1. The second kappa shape index (κ2) is 6.87. The predicted octanol–water partition coefficient (Wildman–Crippen LogP) is 2.80. The highest BCUT2D eigenvalue weighted by molar-refractivity contribution is 5.91. The van der Waals surface area contributed by atoms with Gasteiger partial charge in [-0.2, -0.15) is 10.1 Å². The van der Waals surface area contributed by atoms with Gasteiger partial charge in [-0.3, -0.25) is 10.1 Å². The first-order valence-electron chi connectivity index (χ1n) is 8.28. The summed E-state index contributed by atoms with van der Waals surface area (Å²) in [6.45, 7) is 0.454. The number of nitrogens with zero attached hydrogens (tertiary/aromatic N) is 3. The van der Waals surface area contributed by atoms with E-state index in [1.165, 1.54) is 6.33 Å². The first kappa shape index (κ1) is 16.1. The normalized spacial score (nSPS) is 15.9. The highest BCUT2D eigenvalue weighted by Gasteiger charge is 2.28. The average Bonchev–Trinajstić information content (AvgIpc) is 3.14. The number of ether oxygens (including phenoxy) is 2. The summed E-state index contributed by atoms with van der Waals surface area (Å²) in [5.41, 5.74) is 1.99. The maximum absolute atomic E-state index is 11.9. The van der Waals surface area contributed by atoms with Crippen LogP contribution in [-0.2, 0) is 11.4 Å². The molecule has 4 rings (SSSR count). The first-order chi connectivity index (χ1) is 12.7. The summed E-state index contributed by atoms with van der Waals surface area (Å²) in [4.78, 5) is 16.0. The second-order valence-corrected chi connectivity index (χ2v) is 5.98. The van der Waals surface area contributed by atoms with Crippen LogP contribution in [0.2, 0.25) is 0 Å². The molecule has 1 amide bonds. The number of nitrogens with one attached hydrogen (secondary N) is 1. The van der Waals surface area contributed by atoms with E-state index in [1.54, 1.807) is 11.8 Å². The van der Waals surface area contributed by atoms with E-state index in [1.807, 2.05) is 48.5 Å². The monoisotopic (exact) mass is 350 g/mol. The molecule has 0 aliphatic carbocycles. The van der Waals surface area contributed by atoms with Gasteiger partial charge in [0.2, 0.25) is 11.9 Å². The van der Waals surface area contributed by atoms with Crippen LogP contribution in [0.3, 0.4) is 0 Å². The van der Waals surface area contributed by atoms with Crippen LogP contribution in [0.15, 0.2) is 54.9 Å². The Morgan fingerprint density at radius 2 is 2.04 bits per heavy atom. The third-order valence-electron chi connectivity index (χ3n) is 4.31. The van der Waals surface area contributed by atoms with Gasteiger partial charge in [0.15, 0.2) is 11.5 Å². The fourth-order valence-electron chi connectivity index (χ4n) is 3.01. The lowest BCUT2D eigenvalue weighted by Gasteiger charge is -2.24. The van der Waals surface area contributed by atoms with Crippen molar-refractivity contribution >= 4 is 11.9 Å². The lowest BCUT2D eigenvalue weighted by atomic mass is 10.0. The molecule has 1 aromatic heterocycles. The van der Waals surface area contributed by atoms with E-state index in [2.05, 4.69) is 15.4 Å². The van der Waals surface area contributed by atoms with Crippen LogP contribution >= 0.6 is 0 Å². The fraction of sp³-hybridized carbons (Fsp3) is 0.211. The van der Waals surface area contributed by atoms with E-state index < -0.39 is 0 Å². The molecule has 0 saturated carbocycles. The fourth-order valence-corrected chi connectivity index (χ4v) is 3.01. The summed E-state index contributed by atoms with van der Waals surface area (Å²) >= 11 is 0. The van der Waals surface area contributed by atoms with Crippen molar-refractivity contribution in [2.24, 2.45) is 0 Å². The number of benzene rings is 2. The SMILES string of the molecule is COc1cc([C@H]2CC(=O)Nc3ncnn32)ccc1OCc1ccccc1. The zero-order chi connectivity index (χ0) is 17.9. The van der Waals surface area contributed by atoms with Crippen LogP contribution in [0.4, 0.5) is 5.95 Å². The van der Waals surface area contributed by atoms with E-state index in [-0.39, 0.29) is 11.9 Å². The number of fused-ring (bicyclic) bond motifs is 1. The van der Waals surface area contributed by atoms with Gasteiger partial charge >= 0.3 is 0 Å². The second-order valence-electron chi connectivity index (χ2n) is 5.98. The van der Waals surface area contributed by atoms with Crippen molar-refractivity contribution in [2.45, 2.75) is 19.1 Å². The minimum absolute atomic E-state index is 0.0844. The Morgan fingerprint density at radius 3 is 2.85 bits per heavy atom. The molecule has 0 radical (unpaired) electrons. The van der Waals surface area contributed by atoms with Gasteiger partial charge in [0.25, 0.3) is 0 Å². The third-order valence-corrected chi connectivity index (χ3v) is 4.31. The van der Waals surface area contributed by atoms with Crippen molar-refractivity contribution in [3.63, 3.8) is 0 Å². The van der Waals surface area contributed by atoms with Gasteiger partial charge < -0.3 is 9.47 Å². The number of hydrogen-bond acceptors (Lipinski definition) is 5. The zero-order valence-electron chi connectivity index (χ0n) is 14.3. The predicted molar refractivity (Wildman–Crippen MR) is 95.2 cm³/mol. The van der Waals surface area contributed by atoms with Crippen LogP contribution in [0, 0.1) is 0 Å². The van der Waals surface area contributed by atoms with Crippen LogP contribution in [-0.4, -0.2) is 27.8 Å². The summed E-state index contributed by atoms with van der Waals surface area (Å²) in [5.74, 6) is 1.64. The molecule has 1 atom stereocenters. The van der Waals surface area contributed by atoms with E-state index in [0.717, 1.165) is 11.1 Å². The summed E-state index contributed by atoms with van der Waals surface area (Å²) in [6, 6.07) is 15.4. The number of carbonyl (C=O) groups excluding carboxylic acids is 1. The summed E-state index contributed by atoms with van der Waals surface area (Å²) in [6.07, 6.45) is 1.73. The van der Waals surface area contributed by atoms with Gasteiger partial charge in [-0.05, 0) is 23.3 Å². The van der Waals surface area contributed by atoms with E-state index in [0.29, 0.717) is 30.5 Å². The largest absolute Gasteiger partial charge is 0.493 e. The minimum atomic E-state index is -0.224. The number of aromatic nitrogens is 3. The molecule has 0 saturated heterocycles. The van der Waals surface area contributed by atoms with Crippen LogP contribution in [0.5, 0.6) is 11.5 Å². The van der Waals surface area contributed by atoms with Gasteiger partial charge in [0.05, 0.1) is 19.6 Å². The van der Waals surface area contributed by atoms with Crippen molar-refractivity contribution in [3.05, 3.63) is 66.0 Å². The maximum atomic E-state index is 11.9. The molecule has 1 aliphatic heterocycles. The molecule has 0 bridgehead atoms. The quantitative estimate of drug-likeness (QED) is 0.765. The molecule has 26 heavy (non-hydrogen) atoms. The molecule has 2 aromatic carbocycles. The van der Waals surface area contributed by atoms with Crippen LogP contribution < -0.4 is 14.8 Å². The Labute approximate surface area is 150 Å². The van der Waals surface area contributed by atoms with Gasteiger partial charge in [-0.1, -0.05) is 36.4 Å². The van der Waals surface area contributed by atoms with Gasteiger partial charge in [0.1, 0.15) is 12.9 Å². The molecule has 7 nitrogen and oxygen atoms in total. The molecule has 0 spiro atoms. The van der Waals surface area contributed by atoms with E-state index in [9.17, 15) is 4.79 Å². The zero-order valence-corrected chi connectivity index (χ0v) is 14.3. The Kier molecular flexibility index (Phi) is 4.27. The number of rotatable bonds is 5. The minimum Gasteiger partial charge on any atom is -0.493 e. The van der Waals surface area contributed by atoms with E-state index >= 15 is 0 Å². The highest BCUT2D eigenvalue weighted by atomic mass is 16.5. The molecule has 0 unspecified atom stereocenters. The molecule has 1 N–H and O–H groups in total. The Hall–Kier alpha value is -3.35. The Balaban J connectivity index is 1.59. The van der Waals surface area contributed by atoms with Gasteiger partial charge in [-0.25, -0.2) is 4.68 Å². The Morgan fingerprint density at radius 1 is 1.19 bits per heavy atom. The summed E-state index contributed by atoms with van der Waals surface area (Å²) in [7, 11) is 1.60. The maximum Gasteiger partial charge on any atom is 0.229 e. The van der Waals surface area contributed by atoms with Gasteiger partial charge in [0, 0.05) is 0 Å². The molecule has 0 fully saturated rings. The lowest BCUT2D eigenvalue weighted by molar-refractivity contribution is -0.117. The molecule has 7 heteroatoms. The lowest BCUT2D eigenvalue weighted by Crippen LogP contribution is -2.29. The number of hydrogen-bond donors (Lipinski definition) is 1. The Bertz CT molecular complexity index is 924. The highest BCUT2D eigenvalue weighted by Crippen LogP contribution is 2.35. The molecule has 3 aromatic rings. The molecular weight excluding hydrogens is 332 g/mol. The number of methoxy groups -OCH3 is 1. The summed E-state index contributed by atoms with van der Waals surface area (Å²) < 4.78 is 13.1. The van der Waals surface area contributed by atoms with Crippen molar-refractivity contribution in [3.8, 4) is 11.5 Å². The first-order valence-corrected chi connectivity index (χ1v) is 8.28. The van der Waals surface area contributed by atoms with Gasteiger partial charge in [-0.15, -0.1) is 0 Å². The standard InChI is InChI=1S/C19H18N4O3/c1-25-17-9-14(15-10-18(24)22-19-20-12-21-23(15)19)7-8-16(17)26-11-13-5-3-2-4-6-13/h2-9,12,15H,10-11H2,1H3,(H,20,21,22,24)/t15-/m1/s1. The van der Waals surface area contributed by atoms with Crippen molar-refractivity contribution < 1.29 is 14.3 Å². The molecule has 2 heterocycles. The topological polar surface area (TPSA) is 78.3 Å². The third kappa shape index (κ3) is 3.11. The number of carbonyl (C=O) groups is 1. The van der Waals surface area contributed by atoms with Crippen LogP contribution in [0.25, 0.3) is 0 Å². The van der Waals surface area contributed by atoms with E-state index in [4.69, 9.17) is 9.47 Å².